The van der Waals surface area contributed by atoms with E-state index < -0.39 is 12.1 Å². The highest BCUT2D eigenvalue weighted by Crippen LogP contribution is 2.14. The predicted molar refractivity (Wildman–Crippen MR) is 245 cm³/mol. The number of ether oxygens (including phenoxy) is 1. The van der Waals surface area contributed by atoms with Gasteiger partial charge < -0.3 is 20.3 Å². The number of unbranched alkanes of at least 4 members (excludes halogenated alkanes) is 27. The lowest BCUT2D eigenvalue weighted by atomic mass is 10.0. The summed E-state index contributed by atoms with van der Waals surface area (Å²) in [5, 5.41) is 23.0. The zero-order valence-electron chi connectivity index (χ0n) is 37.6. The summed E-state index contributed by atoms with van der Waals surface area (Å²) in [7, 11) is 0. The Morgan fingerprint density at radius 1 is 0.491 bits per heavy atom. The second-order valence-electron chi connectivity index (χ2n) is 16.4. The molecule has 0 aliphatic heterocycles. The van der Waals surface area contributed by atoms with Gasteiger partial charge in [0.25, 0.3) is 0 Å². The van der Waals surface area contributed by atoms with Gasteiger partial charge in [0.1, 0.15) is 0 Å². The van der Waals surface area contributed by atoms with Crippen LogP contribution >= 0.6 is 0 Å². The van der Waals surface area contributed by atoms with E-state index >= 15 is 0 Å². The Hall–Kier alpha value is -2.18. The van der Waals surface area contributed by atoms with Crippen LogP contribution in [-0.2, 0) is 14.3 Å². The van der Waals surface area contributed by atoms with E-state index in [0.717, 1.165) is 96.3 Å². The molecule has 1 amide bonds. The van der Waals surface area contributed by atoms with Crippen molar-refractivity contribution in [1.82, 2.24) is 5.32 Å². The van der Waals surface area contributed by atoms with E-state index in [-0.39, 0.29) is 18.5 Å². The SMILES string of the molecule is CCCCCC/C=C\C/C=C\CCCCCCCC(=O)OCCCC/C=C\CCCCCCCC(=O)NC(CO)C(O)/C=C/CCCCCCCCCCCCC. The number of hydrogen-bond donors (Lipinski definition) is 3. The molecule has 2 atom stereocenters. The molecule has 0 aromatic rings. The molecule has 0 bridgehead atoms. The summed E-state index contributed by atoms with van der Waals surface area (Å²) in [5.41, 5.74) is 0. The van der Waals surface area contributed by atoms with Crippen LogP contribution in [0.2, 0.25) is 0 Å². The van der Waals surface area contributed by atoms with Crippen LogP contribution in [0.4, 0.5) is 0 Å². The first-order valence-electron chi connectivity index (χ1n) is 24.4. The maximum absolute atomic E-state index is 12.4. The molecule has 0 aliphatic rings. The molecule has 0 fully saturated rings. The fraction of sp³-hybridized carbons (Fsp3) is 0.804. The molecule has 6 nitrogen and oxygen atoms in total. The Morgan fingerprint density at radius 3 is 1.37 bits per heavy atom. The molecule has 0 saturated heterocycles. The molecule has 0 aliphatic carbocycles. The number of esters is 1. The zero-order valence-corrected chi connectivity index (χ0v) is 37.6. The molecular formula is C51H93NO5. The minimum atomic E-state index is -0.863. The van der Waals surface area contributed by atoms with Crippen LogP contribution in [0.1, 0.15) is 239 Å². The van der Waals surface area contributed by atoms with Crippen molar-refractivity contribution in [3.63, 3.8) is 0 Å². The lowest BCUT2D eigenvalue weighted by Gasteiger charge is -2.20. The molecule has 3 N–H and O–H groups in total. The highest BCUT2D eigenvalue weighted by atomic mass is 16.5. The highest BCUT2D eigenvalue weighted by Gasteiger charge is 2.18. The van der Waals surface area contributed by atoms with E-state index in [1.165, 1.54) is 116 Å². The molecule has 2 unspecified atom stereocenters. The van der Waals surface area contributed by atoms with Gasteiger partial charge in [-0.05, 0) is 89.9 Å². The molecule has 332 valence electrons. The number of carbonyl (C=O) groups excluding carboxylic acids is 2. The van der Waals surface area contributed by atoms with Crippen molar-refractivity contribution < 1.29 is 24.5 Å². The fourth-order valence-electron chi connectivity index (χ4n) is 7.01. The molecule has 57 heavy (non-hydrogen) atoms. The Balaban J connectivity index is 3.58. The number of amides is 1. The van der Waals surface area contributed by atoms with Gasteiger partial charge >= 0.3 is 5.97 Å². The minimum absolute atomic E-state index is 0.0477. The van der Waals surface area contributed by atoms with Gasteiger partial charge in [-0.15, -0.1) is 0 Å². The van der Waals surface area contributed by atoms with Crippen LogP contribution in [0.3, 0.4) is 0 Å². The largest absolute Gasteiger partial charge is 0.466 e. The van der Waals surface area contributed by atoms with E-state index in [2.05, 4.69) is 55.6 Å². The van der Waals surface area contributed by atoms with Crippen molar-refractivity contribution in [2.75, 3.05) is 13.2 Å². The molecule has 0 aromatic heterocycles. The smallest absolute Gasteiger partial charge is 0.305 e. The maximum atomic E-state index is 12.4. The van der Waals surface area contributed by atoms with Crippen LogP contribution in [0.15, 0.2) is 48.6 Å². The Morgan fingerprint density at radius 2 is 0.877 bits per heavy atom. The van der Waals surface area contributed by atoms with E-state index in [1.54, 1.807) is 6.08 Å². The number of nitrogens with one attached hydrogen (secondary N) is 1. The summed E-state index contributed by atoms with van der Waals surface area (Å²) in [4.78, 5) is 24.4. The maximum Gasteiger partial charge on any atom is 0.305 e. The summed E-state index contributed by atoms with van der Waals surface area (Å²) in [5.74, 6) is -0.148. The van der Waals surface area contributed by atoms with Crippen LogP contribution in [0, 0.1) is 0 Å². The molecule has 0 saturated carbocycles. The van der Waals surface area contributed by atoms with Crippen LogP contribution in [-0.4, -0.2) is 47.4 Å². The van der Waals surface area contributed by atoms with Crippen molar-refractivity contribution in [3.05, 3.63) is 48.6 Å². The molecule has 0 heterocycles. The molecule has 0 radical (unpaired) electrons. The first-order valence-corrected chi connectivity index (χ1v) is 24.4. The Bertz CT molecular complexity index is 973. The van der Waals surface area contributed by atoms with E-state index in [1.807, 2.05) is 6.08 Å². The van der Waals surface area contributed by atoms with Crippen molar-refractivity contribution in [2.45, 2.75) is 251 Å². The number of rotatable bonds is 44. The van der Waals surface area contributed by atoms with Crippen LogP contribution < -0.4 is 5.32 Å². The second kappa shape index (κ2) is 46.5. The number of aliphatic hydroxyl groups is 2. The number of allylic oxidation sites excluding steroid dienone is 7. The molecular weight excluding hydrogens is 707 g/mol. The lowest BCUT2D eigenvalue weighted by molar-refractivity contribution is -0.143. The molecule has 6 heteroatoms. The summed E-state index contributed by atoms with van der Waals surface area (Å²) in [6, 6.07) is -0.650. The van der Waals surface area contributed by atoms with E-state index in [4.69, 9.17) is 4.74 Å². The summed E-state index contributed by atoms with van der Waals surface area (Å²) in [6.07, 6.45) is 56.7. The number of aliphatic hydroxyl groups excluding tert-OH is 2. The third-order valence-electron chi connectivity index (χ3n) is 10.8. The average Bonchev–Trinajstić information content (AvgIpc) is 3.21. The van der Waals surface area contributed by atoms with Crippen molar-refractivity contribution in [1.29, 1.82) is 0 Å². The standard InChI is InChI=1S/C51H93NO5/c1-3-5-7-9-11-13-15-17-18-19-21-25-29-33-37-41-45-51(56)57-46-42-38-34-30-26-22-24-28-32-36-40-44-50(55)52-48(47-53)49(54)43-39-35-31-27-23-20-16-14-12-10-8-6-4-2/h13,15,18-19,26,30,39,43,48-49,53-54H,3-12,14,16-17,20-25,27-29,31-38,40-42,44-47H2,1-2H3,(H,52,55)/b15-13-,19-18-,30-26-,43-39+. The first kappa shape index (κ1) is 54.8. The van der Waals surface area contributed by atoms with Gasteiger partial charge in [0, 0.05) is 12.8 Å². The van der Waals surface area contributed by atoms with Gasteiger partial charge in [-0.3, -0.25) is 9.59 Å². The van der Waals surface area contributed by atoms with Crippen LogP contribution in [0.5, 0.6) is 0 Å². The second-order valence-corrected chi connectivity index (χ2v) is 16.4. The fourth-order valence-corrected chi connectivity index (χ4v) is 7.01. The normalized spacial score (nSPS) is 13.1. The van der Waals surface area contributed by atoms with Crippen molar-refractivity contribution in [3.8, 4) is 0 Å². The molecule has 0 rings (SSSR count). The Kier molecular flexibility index (Phi) is 44.7. The molecule has 0 aromatic carbocycles. The lowest BCUT2D eigenvalue weighted by Crippen LogP contribution is -2.45. The molecule has 0 spiro atoms. The van der Waals surface area contributed by atoms with Gasteiger partial charge in [-0.2, -0.15) is 0 Å². The van der Waals surface area contributed by atoms with E-state index in [0.29, 0.717) is 19.4 Å². The van der Waals surface area contributed by atoms with Gasteiger partial charge in [-0.1, -0.05) is 184 Å². The van der Waals surface area contributed by atoms with Gasteiger partial charge in [0.05, 0.1) is 25.4 Å². The van der Waals surface area contributed by atoms with Gasteiger partial charge in [0.2, 0.25) is 5.91 Å². The highest BCUT2D eigenvalue weighted by molar-refractivity contribution is 5.76. The minimum Gasteiger partial charge on any atom is -0.466 e. The van der Waals surface area contributed by atoms with Crippen LogP contribution in [0.25, 0.3) is 0 Å². The average molecular weight is 800 g/mol. The third-order valence-corrected chi connectivity index (χ3v) is 10.8. The topological polar surface area (TPSA) is 95.9 Å². The quantitative estimate of drug-likeness (QED) is 0.0324. The number of carbonyl (C=O) groups is 2. The third kappa shape index (κ3) is 43.2. The zero-order chi connectivity index (χ0) is 41.5. The monoisotopic (exact) mass is 800 g/mol. The van der Waals surface area contributed by atoms with E-state index in [9.17, 15) is 19.8 Å². The number of hydrogen-bond acceptors (Lipinski definition) is 5. The first-order chi connectivity index (χ1) is 28.0. The summed E-state index contributed by atoms with van der Waals surface area (Å²) >= 11 is 0. The van der Waals surface area contributed by atoms with Crippen molar-refractivity contribution >= 4 is 11.9 Å². The Labute approximate surface area is 353 Å². The summed E-state index contributed by atoms with van der Waals surface area (Å²) in [6.45, 7) is 4.78. The van der Waals surface area contributed by atoms with Gasteiger partial charge in [-0.25, -0.2) is 0 Å². The predicted octanol–water partition coefficient (Wildman–Crippen LogP) is 14.3. The summed E-state index contributed by atoms with van der Waals surface area (Å²) < 4.78 is 5.42. The van der Waals surface area contributed by atoms with Crippen molar-refractivity contribution in [2.24, 2.45) is 0 Å². The van der Waals surface area contributed by atoms with Gasteiger partial charge in [0.15, 0.2) is 0 Å².